The summed E-state index contributed by atoms with van der Waals surface area (Å²) in [6, 6.07) is 3.24. The molecule has 0 aliphatic heterocycles. The number of hydrogen-bond acceptors (Lipinski definition) is 3. The van der Waals surface area contributed by atoms with E-state index in [1.807, 2.05) is 0 Å². The Balaban J connectivity index is 2.67. The van der Waals surface area contributed by atoms with Gasteiger partial charge in [0.1, 0.15) is 0 Å². The Morgan fingerprint density at radius 2 is 2.50 bits per heavy atom. The van der Waals surface area contributed by atoms with Crippen molar-refractivity contribution in [1.29, 1.82) is 0 Å². The maximum absolute atomic E-state index is 10.2. The Hall–Kier alpha value is -1.16. The van der Waals surface area contributed by atoms with Crippen molar-refractivity contribution in [3.63, 3.8) is 0 Å². The lowest BCUT2D eigenvalue weighted by molar-refractivity contribution is 0.269. The van der Waals surface area contributed by atoms with Gasteiger partial charge in [-0.1, -0.05) is 0 Å². The van der Waals surface area contributed by atoms with Gasteiger partial charge in [0, 0.05) is 6.20 Å². The van der Waals surface area contributed by atoms with Crippen LogP contribution in [0.1, 0.15) is 0 Å². The lowest BCUT2D eigenvalue weighted by Gasteiger charge is -1.94. The van der Waals surface area contributed by atoms with Gasteiger partial charge in [-0.2, -0.15) is 5.10 Å². The minimum absolute atomic E-state index is 0.350. The van der Waals surface area contributed by atoms with E-state index in [2.05, 4.69) is 15.5 Å². The second kappa shape index (κ2) is 3.12. The van der Waals surface area contributed by atoms with Gasteiger partial charge in [-0.3, -0.25) is 10.1 Å². The van der Waals surface area contributed by atoms with Gasteiger partial charge in [0.2, 0.25) is 0 Å². The van der Waals surface area contributed by atoms with Crippen molar-refractivity contribution in [2.45, 2.75) is 0 Å². The van der Waals surface area contributed by atoms with Crippen LogP contribution in [0, 0.1) is 0 Å². The van der Waals surface area contributed by atoms with E-state index in [9.17, 15) is 4.79 Å². The lowest BCUT2D eigenvalue weighted by atomic mass is 10.5. The summed E-state index contributed by atoms with van der Waals surface area (Å²) in [6.07, 6.45) is 1.50. The predicted octanol–water partition coefficient (Wildman–Crippen LogP) is 1.25. The quantitative estimate of drug-likeness (QED) is 0.493. The summed E-state index contributed by atoms with van der Waals surface area (Å²) in [4.78, 5) is 10.2. The molecule has 0 unspecified atom stereocenters. The van der Waals surface area contributed by atoms with Crippen LogP contribution >= 0.6 is 11.6 Å². The van der Waals surface area contributed by atoms with Crippen LogP contribution in [0.5, 0.6) is 0 Å². The first kappa shape index (κ1) is 6.95. The van der Waals surface area contributed by atoms with Gasteiger partial charge in [-0.15, -0.1) is 5.10 Å². The van der Waals surface area contributed by atoms with Gasteiger partial charge < -0.3 is 0 Å². The molecule has 0 bridgehead atoms. The maximum Gasteiger partial charge on any atom is 0.319 e. The summed E-state index contributed by atoms with van der Waals surface area (Å²) < 4.78 is 0. The van der Waals surface area contributed by atoms with Gasteiger partial charge in [-0.05, 0) is 23.7 Å². The summed E-state index contributed by atoms with van der Waals surface area (Å²) in [7, 11) is 0. The van der Waals surface area contributed by atoms with Gasteiger partial charge in [0.15, 0.2) is 5.82 Å². The standard InChI is InChI=1S/C5H4ClN3O/c6-5(10)8-4-2-1-3-7-9-4/h1-3H,(H,8,9,10). The van der Waals surface area contributed by atoms with E-state index in [1.165, 1.54) is 6.20 Å². The first-order chi connectivity index (χ1) is 4.79. The van der Waals surface area contributed by atoms with Crippen molar-refractivity contribution < 1.29 is 4.79 Å². The van der Waals surface area contributed by atoms with Crippen molar-refractivity contribution >= 4 is 22.8 Å². The molecule has 1 rings (SSSR count). The molecular formula is C5H4ClN3O. The molecule has 0 radical (unpaired) electrons. The van der Waals surface area contributed by atoms with E-state index in [1.54, 1.807) is 12.1 Å². The Bertz CT molecular complexity index is 226. The maximum atomic E-state index is 10.2. The van der Waals surface area contributed by atoms with Crippen molar-refractivity contribution in [1.82, 2.24) is 10.2 Å². The van der Waals surface area contributed by atoms with Gasteiger partial charge in [0.05, 0.1) is 0 Å². The molecule has 1 heterocycles. The molecule has 52 valence electrons. The molecule has 1 N–H and O–H groups in total. The van der Waals surface area contributed by atoms with Crippen molar-refractivity contribution in [2.75, 3.05) is 5.32 Å². The summed E-state index contributed by atoms with van der Waals surface area (Å²) in [5.74, 6) is 0.350. The number of anilines is 1. The van der Waals surface area contributed by atoms with E-state index in [0.29, 0.717) is 5.82 Å². The molecule has 0 spiro atoms. The fourth-order valence-electron chi connectivity index (χ4n) is 0.469. The molecule has 0 atom stereocenters. The summed E-state index contributed by atoms with van der Waals surface area (Å²) in [6.45, 7) is 0. The van der Waals surface area contributed by atoms with Crippen LogP contribution in [-0.2, 0) is 0 Å². The van der Waals surface area contributed by atoms with Crippen LogP contribution in [-0.4, -0.2) is 15.6 Å². The van der Waals surface area contributed by atoms with E-state index < -0.39 is 5.37 Å². The molecule has 1 aromatic rings. The Labute approximate surface area is 62.2 Å². The third-order valence-corrected chi connectivity index (χ3v) is 0.893. The summed E-state index contributed by atoms with van der Waals surface area (Å²) in [5, 5.41) is 8.66. The summed E-state index contributed by atoms with van der Waals surface area (Å²) in [5.41, 5.74) is 0. The molecular weight excluding hydrogens is 154 g/mol. The van der Waals surface area contributed by atoms with Crippen LogP contribution < -0.4 is 5.32 Å². The van der Waals surface area contributed by atoms with Gasteiger partial charge in [0.25, 0.3) is 0 Å². The van der Waals surface area contributed by atoms with Gasteiger partial charge >= 0.3 is 5.37 Å². The number of nitrogens with one attached hydrogen (secondary N) is 1. The van der Waals surface area contributed by atoms with Crippen LogP contribution in [0.15, 0.2) is 18.3 Å². The predicted molar refractivity (Wildman–Crippen MR) is 36.9 cm³/mol. The SMILES string of the molecule is O=C(Cl)Nc1cccnn1. The normalized spacial score (nSPS) is 8.90. The highest BCUT2D eigenvalue weighted by Crippen LogP contribution is 1.98. The highest BCUT2D eigenvalue weighted by Gasteiger charge is 1.95. The number of nitrogens with zero attached hydrogens (tertiary/aromatic N) is 2. The van der Waals surface area contributed by atoms with Crippen LogP contribution in [0.2, 0.25) is 0 Å². The molecule has 5 heteroatoms. The van der Waals surface area contributed by atoms with Crippen LogP contribution in [0.4, 0.5) is 10.6 Å². The zero-order valence-electron chi connectivity index (χ0n) is 4.91. The second-order valence-electron chi connectivity index (χ2n) is 1.51. The van der Waals surface area contributed by atoms with Crippen molar-refractivity contribution in [3.05, 3.63) is 18.3 Å². The van der Waals surface area contributed by atoms with Crippen molar-refractivity contribution in [2.24, 2.45) is 0 Å². The third kappa shape index (κ3) is 1.99. The number of aromatic nitrogens is 2. The molecule has 10 heavy (non-hydrogen) atoms. The first-order valence-electron chi connectivity index (χ1n) is 2.53. The fourth-order valence-corrected chi connectivity index (χ4v) is 0.566. The van der Waals surface area contributed by atoms with E-state index >= 15 is 0 Å². The Morgan fingerprint density at radius 1 is 1.70 bits per heavy atom. The average molecular weight is 158 g/mol. The number of hydrogen-bond donors (Lipinski definition) is 1. The first-order valence-corrected chi connectivity index (χ1v) is 2.91. The number of carbonyl (C=O) groups is 1. The second-order valence-corrected chi connectivity index (χ2v) is 1.85. The Kier molecular flexibility index (Phi) is 2.17. The minimum atomic E-state index is -0.666. The molecule has 4 nitrogen and oxygen atoms in total. The number of carbonyl (C=O) groups excluding carboxylic acids is 1. The Morgan fingerprint density at radius 3 is 3.00 bits per heavy atom. The molecule has 1 amide bonds. The molecule has 0 fully saturated rings. The zero-order chi connectivity index (χ0) is 7.40. The monoisotopic (exact) mass is 157 g/mol. The molecule has 0 aromatic carbocycles. The highest BCUT2D eigenvalue weighted by atomic mass is 35.5. The number of halogens is 1. The molecule has 0 saturated heterocycles. The topological polar surface area (TPSA) is 54.9 Å². The summed E-state index contributed by atoms with van der Waals surface area (Å²) >= 11 is 4.99. The van der Waals surface area contributed by atoms with Crippen LogP contribution in [0.3, 0.4) is 0 Å². The van der Waals surface area contributed by atoms with E-state index in [4.69, 9.17) is 11.6 Å². The third-order valence-electron chi connectivity index (χ3n) is 0.799. The van der Waals surface area contributed by atoms with E-state index in [0.717, 1.165) is 0 Å². The molecule has 0 aliphatic carbocycles. The molecule has 0 aliphatic rings. The highest BCUT2D eigenvalue weighted by molar-refractivity contribution is 6.65. The van der Waals surface area contributed by atoms with E-state index in [-0.39, 0.29) is 0 Å². The zero-order valence-corrected chi connectivity index (χ0v) is 5.67. The molecule has 0 saturated carbocycles. The van der Waals surface area contributed by atoms with Crippen LogP contribution in [0.25, 0.3) is 0 Å². The lowest BCUT2D eigenvalue weighted by Crippen LogP contribution is -2.02. The average Bonchev–Trinajstić information content (AvgIpc) is 1.88. The number of rotatable bonds is 1. The number of amides is 1. The minimum Gasteiger partial charge on any atom is -0.295 e. The van der Waals surface area contributed by atoms with Gasteiger partial charge in [-0.25, -0.2) is 0 Å². The van der Waals surface area contributed by atoms with Crippen molar-refractivity contribution in [3.8, 4) is 0 Å². The molecule has 1 aromatic heterocycles. The largest absolute Gasteiger partial charge is 0.319 e. The fraction of sp³-hybridized carbons (Fsp3) is 0. The smallest absolute Gasteiger partial charge is 0.295 e.